The van der Waals surface area contributed by atoms with Gasteiger partial charge in [0.25, 0.3) is 23.6 Å². The van der Waals surface area contributed by atoms with E-state index in [0.29, 0.717) is 64.4 Å². The number of aryl methyl sites for hydroxylation is 4. The second-order valence-corrected chi connectivity index (χ2v) is 19.7. The van der Waals surface area contributed by atoms with Gasteiger partial charge >= 0.3 is 5.97 Å². The lowest BCUT2D eigenvalue weighted by Gasteiger charge is -2.35. The minimum Gasteiger partial charge on any atom is -0.493 e. The predicted molar refractivity (Wildman–Crippen MR) is 279 cm³/mol. The number of amides is 5. The minimum atomic E-state index is -1.11. The summed E-state index contributed by atoms with van der Waals surface area (Å²) in [6.07, 6.45) is 1.28. The molecule has 2 aromatic heterocycles. The molecule has 1 atom stereocenters. The number of hydrogen-bond donors (Lipinski definition) is 0. The van der Waals surface area contributed by atoms with Crippen molar-refractivity contribution >= 4 is 57.2 Å². The van der Waals surface area contributed by atoms with E-state index >= 15 is 0 Å². The van der Waals surface area contributed by atoms with E-state index in [4.69, 9.17) is 19.3 Å². The number of imide groups is 2. The molecule has 3 aliphatic rings. The zero-order valence-corrected chi connectivity index (χ0v) is 43.8. The molecule has 6 aromatic rings. The van der Waals surface area contributed by atoms with Gasteiger partial charge in [0, 0.05) is 87.4 Å². The molecule has 2 saturated heterocycles. The Morgan fingerprint density at radius 2 is 1.45 bits per heavy atom. The number of carbonyl (C=O) groups is 6. The van der Waals surface area contributed by atoms with Crippen LogP contribution in [0, 0.1) is 20.8 Å². The Labute approximate surface area is 426 Å². The molecular weight excluding hydrogens is 927 g/mol. The Balaban J connectivity index is 0.00000351. The lowest BCUT2D eigenvalue weighted by molar-refractivity contribution is -0.149. The van der Waals surface area contributed by atoms with Crippen molar-refractivity contribution in [1.29, 1.82) is 0 Å². The number of rotatable bonds is 14. The van der Waals surface area contributed by atoms with Crippen molar-refractivity contribution < 1.29 is 43.0 Å². The van der Waals surface area contributed by atoms with Gasteiger partial charge in [-0.25, -0.2) is 4.79 Å². The minimum absolute atomic E-state index is 0.00429. The van der Waals surface area contributed by atoms with E-state index in [1.54, 1.807) is 11.0 Å². The van der Waals surface area contributed by atoms with Gasteiger partial charge in [0.1, 0.15) is 28.8 Å². The maximum Gasteiger partial charge on any atom is 0.355 e. The van der Waals surface area contributed by atoms with Crippen LogP contribution in [0.1, 0.15) is 108 Å². The molecule has 0 spiro atoms. The van der Waals surface area contributed by atoms with Crippen LogP contribution in [0.5, 0.6) is 11.5 Å². The molecule has 5 heterocycles. The average Bonchev–Trinajstić information content (AvgIpc) is 3.93. The van der Waals surface area contributed by atoms with Crippen molar-refractivity contribution in [3.63, 3.8) is 0 Å². The average molecular weight is 994 g/mol. The number of piperazine rings is 1. The number of piperidine rings is 1. The zero-order chi connectivity index (χ0) is 52.5. The highest BCUT2D eigenvalue weighted by atomic mass is 16.6. The highest BCUT2D eigenvalue weighted by Gasteiger charge is 2.47. The number of likely N-dealkylation sites (N-methyl/N-ethyl adjacent to an activating group) is 1. The number of esters is 1. The van der Waals surface area contributed by atoms with Gasteiger partial charge in [-0.1, -0.05) is 68.4 Å². The van der Waals surface area contributed by atoms with Crippen LogP contribution in [0.2, 0.25) is 0 Å². The monoisotopic (exact) mass is 994 g/mol. The van der Waals surface area contributed by atoms with E-state index in [9.17, 15) is 28.8 Å². The molecule has 384 valence electrons. The Bertz CT molecular complexity index is 3130. The van der Waals surface area contributed by atoms with E-state index in [2.05, 4.69) is 53.6 Å². The first kappa shape index (κ1) is 52.0. The molecule has 0 bridgehead atoms. The third-order valence-corrected chi connectivity index (χ3v) is 14.0. The number of fused-ring (bicyclic) bond motifs is 3. The second kappa shape index (κ2) is 21.4. The smallest absolute Gasteiger partial charge is 0.355 e. The summed E-state index contributed by atoms with van der Waals surface area (Å²) in [5.74, 6) is -2.11. The van der Waals surface area contributed by atoms with Crippen LogP contribution < -0.4 is 9.47 Å². The molecule has 3 aliphatic heterocycles. The highest BCUT2D eigenvalue weighted by Crippen LogP contribution is 2.41. The van der Waals surface area contributed by atoms with Crippen molar-refractivity contribution in [2.24, 2.45) is 7.05 Å². The maximum atomic E-state index is 14.7. The number of carbonyl (C=O) groups excluding carboxylic acids is 6. The molecule has 0 saturated carbocycles. The normalized spacial score (nSPS) is 16.3. The standard InChI is InChI=1S/C55H61N7O9.C2H6/c1-33-21-22-39-38(18-13-31-69-42-19-11-15-36-14-9-10-16-37(36)42)50(54(68)71-55(4,5)6)61(49(39)46(33)47-34(2)56-58(8)35(47)3)30-27-59-25-28-60(29-26-59)45(64)32-70-43-20-12-17-40-48(43)53(67)62(51(40)65)41-23-24-44(63)57(7)52(41)66;1-2/h9-12,14-17,19-22,41H,13,18,23-32H2,1-8H3;1-2H3. The van der Waals surface area contributed by atoms with Crippen molar-refractivity contribution in [3.05, 3.63) is 112 Å². The molecule has 73 heavy (non-hydrogen) atoms. The van der Waals surface area contributed by atoms with Crippen LogP contribution >= 0.6 is 0 Å². The summed E-state index contributed by atoms with van der Waals surface area (Å²) in [4.78, 5) is 86.5. The molecule has 0 N–H and O–H groups in total. The van der Waals surface area contributed by atoms with Gasteiger partial charge in [0.05, 0.1) is 28.9 Å². The van der Waals surface area contributed by atoms with Crippen LogP contribution in [-0.4, -0.2) is 134 Å². The van der Waals surface area contributed by atoms with Gasteiger partial charge < -0.3 is 23.7 Å². The predicted octanol–water partition coefficient (Wildman–Crippen LogP) is 8.08. The summed E-state index contributed by atoms with van der Waals surface area (Å²) in [6, 6.07) is 22.0. The van der Waals surface area contributed by atoms with E-state index in [1.807, 2.05) is 77.5 Å². The van der Waals surface area contributed by atoms with Crippen molar-refractivity contribution in [1.82, 2.24) is 33.9 Å². The molecule has 0 radical (unpaired) electrons. The topological polar surface area (TPSA) is 166 Å². The van der Waals surface area contributed by atoms with Gasteiger partial charge in [0.15, 0.2) is 6.61 Å². The van der Waals surface area contributed by atoms with Crippen LogP contribution in [0.3, 0.4) is 0 Å². The summed E-state index contributed by atoms with van der Waals surface area (Å²) in [5, 5.41) is 7.93. The summed E-state index contributed by atoms with van der Waals surface area (Å²) in [7, 11) is 3.28. The molecule has 4 aromatic carbocycles. The Morgan fingerprint density at radius 1 is 0.753 bits per heavy atom. The number of nitrogens with zero attached hydrogens (tertiary/aromatic N) is 7. The van der Waals surface area contributed by atoms with Gasteiger partial charge in [-0.3, -0.25) is 43.4 Å². The van der Waals surface area contributed by atoms with E-state index in [-0.39, 0.29) is 48.1 Å². The zero-order valence-electron chi connectivity index (χ0n) is 43.8. The van der Waals surface area contributed by atoms with E-state index in [0.717, 1.165) is 70.9 Å². The summed E-state index contributed by atoms with van der Waals surface area (Å²) >= 11 is 0. The van der Waals surface area contributed by atoms with Crippen molar-refractivity contribution in [2.75, 3.05) is 53.0 Å². The number of likely N-dealkylation sites (tertiary alicyclic amines) is 1. The van der Waals surface area contributed by atoms with Crippen molar-refractivity contribution in [3.8, 4) is 22.6 Å². The summed E-state index contributed by atoms with van der Waals surface area (Å²) in [5.41, 5.74) is 6.72. The third-order valence-electron chi connectivity index (χ3n) is 14.0. The van der Waals surface area contributed by atoms with Crippen LogP contribution in [0.25, 0.3) is 32.8 Å². The Morgan fingerprint density at radius 3 is 2.16 bits per heavy atom. The first-order chi connectivity index (χ1) is 34.9. The lowest BCUT2D eigenvalue weighted by atomic mass is 9.94. The fraction of sp³-hybridized carbons (Fsp3) is 0.421. The Hall–Kier alpha value is -7.33. The lowest BCUT2D eigenvalue weighted by Crippen LogP contribution is -2.54. The summed E-state index contributed by atoms with van der Waals surface area (Å²) in [6.45, 7) is 18.9. The SMILES string of the molecule is CC.Cc1ccc2c(CCCOc3cccc4ccccc34)c(C(=O)OC(C)(C)C)n(CCN3CCN(C(=O)COc4cccc5c4C(=O)N(C4CCC(=O)N(C)C4=O)C5=O)CC3)c2c1-c1c(C)nn(C)c1C. The molecule has 16 nitrogen and oxygen atoms in total. The Kier molecular flexibility index (Phi) is 15.2. The number of ether oxygens (including phenoxy) is 3. The van der Waals surface area contributed by atoms with Crippen LogP contribution in [-0.2, 0) is 39.1 Å². The van der Waals surface area contributed by atoms with Gasteiger partial charge in [-0.2, -0.15) is 5.10 Å². The largest absolute Gasteiger partial charge is 0.493 e. The van der Waals surface area contributed by atoms with Gasteiger partial charge in [-0.15, -0.1) is 0 Å². The second-order valence-electron chi connectivity index (χ2n) is 19.7. The maximum absolute atomic E-state index is 14.7. The molecule has 2 fully saturated rings. The molecule has 5 amide bonds. The molecule has 1 unspecified atom stereocenters. The number of aromatic nitrogens is 3. The fourth-order valence-corrected chi connectivity index (χ4v) is 10.4. The summed E-state index contributed by atoms with van der Waals surface area (Å²) < 4.78 is 22.6. The fourth-order valence-electron chi connectivity index (χ4n) is 10.4. The van der Waals surface area contributed by atoms with Gasteiger partial charge in [-0.05, 0) is 95.5 Å². The van der Waals surface area contributed by atoms with Crippen LogP contribution in [0.4, 0.5) is 0 Å². The van der Waals surface area contributed by atoms with Gasteiger partial charge in [0.2, 0.25) is 5.91 Å². The number of benzene rings is 4. The van der Waals surface area contributed by atoms with Crippen molar-refractivity contribution in [2.45, 2.75) is 99.3 Å². The highest BCUT2D eigenvalue weighted by molar-refractivity contribution is 6.24. The first-order valence-electron chi connectivity index (χ1n) is 25.4. The molecule has 9 rings (SSSR count). The van der Waals surface area contributed by atoms with Crippen LogP contribution in [0.15, 0.2) is 72.8 Å². The molecule has 0 aliphatic carbocycles. The van der Waals surface area contributed by atoms with E-state index in [1.165, 1.54) is 19.2 Å². The quantitative estimate of drug-likeness (QED) is 0.0589. The van der Waals surface area contributed by atoms with E-state index < -0.39 is 35.3 Å². The molecular formula is C57H67N7O9. The third kappa shape index (κ3) is 10.2. The number of hydrogen-bond acceptors (Lipinski definition) is 11. The molecule has 16 heteroatoms. The first-order valence-corrected chi connectivity index (χ1v) is 25.4.